The van der Waals surface area contributed by atoms with E-state index in [0.717, 1.165) is 5.56 Å². The fourth-order valence-electron chi connectivity index (χ4n) is 1.95. The molecule has 0 amide bonds. The van der Waals surface area contributed by atoms with Crippen LogP contribution < -0.4 is 5.73 Å². The minimum atomic E-state index is -3.74. The third-order valence-electron chi connectivity index (χ3n) is 3.06. The van der Waals surface area contributed by atoms with Gasteiger partial charge in [-0.25, -0.2) is 8.42 Å². The molecule has 0 aliphatic rings. The second kappa shape index (κ2) is 5.95. The second-order valence-corrected chi connectivity index (χ2v) is 6.63. The number of sulfonamides is 1. The standard InChI is InChI=1S/C15H15N3O2S/c1-18(11-12-5-3-2-4-6-12)21(19,20)15-8-7-14(17)9-13(15)10-16/h2-9H,11,17H2,1H3. The fraction of sp³-hybridized carbons (Fsp3) is 0.133. The van der Waals surface area contributed by atoms with Crippen LogP contribution in [-0.4, -0.2) is 19.8 Å². The van der Waals surface area contributed by atoms with Crippen LogP contribution in [0.3, 0.4) is 0 Å². The third-order valence-corrected chi connectivity index (χ3v) is 4.92. The van der Waals surface area contributed by atoms with E-state index in [4.69, 9.17) is 11.0 Å². The monoisotopic (exact) mass is 301 g/mol. The lowest BCUT2D eigenvalue weighted by Gasteiger charge is -2.18. The molecule has 0 aliphatic carbocycles. The van der Waals surface area contributed by atoms with Gasteiger partial charge in [0.1, 0.15) is 11.0 Å². The molecule has 0 radical (unpaired) electrons. The number of hydrogen-bond donors (Lipinski definition) is 1. The molecule has 2 aromatic carbocycles. The van der Waals surface area contributed by atoms with Gasteiger partial charge in [-0.2, -0.15) is 9.57 Å². The van der Waals surface area contributed by atoms with Crippen LogP contribution in [0.4, 0.5) is 5.69 Å². The van der Waals surface area contributed by atoms with Crippen LogP contribution in [0.1, 0.15) is 11.1 Å². The molecule has 0 bridgehead atoms. The summed E-state index contributed by atoms with van der Waals surface area (Å²) in [6.07, 6.45) is 0. The Labute approximate surface area is 124 Å². The Morgan fingerprint density at radius 2 is 1.86 bits per heavy atom. The van der Waals surface area contributed by atoms with Crippen molar-refractivity contribution >= 4 is 15.7 Å². The molecule has 0 atom stereocenters. The number of rotatable bonds is 4. The minimum absolute atomic E-state index is 0.0300. The number of anilines is 1. The second-order valence-electron chi connectivity index (χ2n) is 4.61. The van der Waals surface area contributed by atoms with Crippen LogP contribution in [0.2, 0.25) is 0 Å². The first kappa shape index (κ1) is 15.0. The van der Waals surface area contributed by atoms with Crippen LogP contribution >= 0.6 is 0 Å². The maximum Gasteiger partial charge on any atom is 0.244 e. The van der Waals surface area contributed by atoms with E-state index in [-0.39, 0.29) is 17.0 Å². The van der Waals surface area contributed by atoms with Gasteiger partial charge >= 0.3 is 0 Å². The van der Waals surface area contributed by atoms with E-state index >= 15 is 0 Å². The summed E-state index contributed by atoms with van der Waals surface area (Å²) in [5.74, 6) is 0. The van der Waals surface area contributed by atoms with Crippen molar-refractivity contribution in [1.29, 1.82) is 5.26 Å². The van der Waals surface area contributed by atoms with Crippen molar-refractivity contribution < 1.29 is 8.42 Å². The number of nitrogens with two attached hydrogens (primary N) is 1. The van der Waals surface area contributed by atoms with Crippen LogP contribution in [0.15, 0.2) is 53.4 Å². The van der Waals surface area contributed by atoms with Crippen LogP contribution in [0.5, 0.6) is 0 Å². The summed E-state index contributed by atoms with van der Waals surface area (Å²) in [6, 6.07) is 15.3. The lowest BCUT2D eigenvalue weighted by Crippen LogP contribution is -2.27. The number of hydrogen-bond acceptors (Lipinski definition) is 4. The molecular formula is C15H15N3O2S. The molecule has 108 valence electrons. The first-order valence-corrected chi connectivity index (χ1v) is 7.69. The third kappa shape index (κ3) is 3.21. The highest BCUT2D eigenvalue weighted by molar-refractivity contribution is 7.89. The van der Waals surface area contributed by atoms with E-state index in [2.05, 4.69) is 0 Å². The zero-order valence-electron chi connectivity index (χ0n) is 11.5. The molecule has 2 rings (SSSR count). The Kier molecular flexibility index (Phi) is 4.26. The van der Waals surface area contributed by atoms with Crippen molar-refractivity contribution in [2.45, 2.75) is 11.4 Å². The van der Waals surface area contributed by atoms with Crippen molar-refractivity contribution in [3.05, 3.63) is 59.7 Å². The minimum Gasteiger partial charge on any atom is -0.399 e. The molecule has 0 unspecified atom stereocenters. The number of nitrogen functional groups attached to an aromatic ring is 1. The van der Waals surface area contributed by atoms with Gasteiger partial charge in [0.25, 0.3) is 0 Å². The van der Waals surface area contributed by atoms with Crippen molar-refractivity contribution in [3.8, 4) is 6.07 Å². The van der Waals surface area contributed by atoms with E-state index in [0.29, 0.717) is 5.69 Å². The summed E-state index contributed by atoms with van der Waals surface area (Å²) in [4.78, 5) is -0.0300. The van der Waals surface area contributed by atoms with E-state index in [9.17, 15) is 8.42 Å². The van der Waals surface area contributed by atoms with Crippen molar-refractivity contribution in [2.75, 3.05) is 12.8 Å². The van der Waals surface area contributed by atoms with Gasteiger partial charge in [-0.15, -0.1) is 0 Å². The fourth-order valence-corrected chi connectivity index (χ4v) is 3.23. The quantitative estimate of drug-likeness (QED) is 0.874. The van der Waals surface area contributed by atoms with Gasteiger partial charge in [0, 0.05) is 19.3 Å². The van der Waals surface area contributed by atoms with Gasteiger partial charge in [0.05, 0.1) is 5.56 Å². The van der Waals surface area contributed by atoms with Gasteiger partial charge in [-0.1, -0.05) is 30.3 Å². The molecule has 0 saturated heterocycles. The summed E-state index contributed by atoms with van der Waals surface area (Å²) in [6.45, 7) is 0.235. The lowest BCUT2D eigenvalue weighted by atomic mass is 10.2. The Bertz CT molecular complexity index is 780. The molecule has 0 fully saturated rings. The van der Waals surface area contributed by atoms with E-state index in [1.54, 1.807) is 0 Å². The maximum atomic E-state index is 12.6. The molecule has 5 nitrogen and oxygen atoms in total. The lowest BCUT2D eigenvalue weighted by molar-refractivity contribution is 0.466. The molecule has 0 aliphatic heterocycles. The highest BCUT2D eigenvalue weighted by atomic mass is 32.2. The Balaban J connectivity index is 2.36. The molecule has 0 heterocycles. The molecule has 2 aromatic rings. The first-order valence-electron chi connectivity index (χ1n) is 6.25. The van der Waals surface area contributed by atoms with Crippen molar-refractivity contribution in [3.63, 3.8) is 0 Å². The largest absolute Gasteiger partial charge is 0.399 e. The van der Waals surface area contributed by atoms with Crippen molar-refractivity contribution in [2.24, 2.45) is 0 Å². The van der Waals surface area contributed by atoms with Gasteiger partial charge in [-0.3, -0.25) is 0 Å². The van der Waals surface area contributed by atoms with E-state index < -0.39 is 10.0 Å². The van der Waals surface area contributed by atoms with Crippen LogP contribution in [0, 0.1) is 11.3 Å². The summed E-state index contributed by atoms with van der Waals surface area (Å²) < 4.78 is 26.3. The maximum absolute atomic E-state index is 12.6. The normalized spacial score (nSPS) is 11.3. The van der Waals surface area contributed by atoms with Crippen LogP contribution in [0.25, 0.3) is 0 Å². The smallest absolute Gasteiger partial charge is 0.244 e. The predicted octanol–water partition coefficient (Wildman–Crippen LogP) is 1.96. The molecule has 0 aromatic heterocycles. The molecule has 2 N–H and O–H groups in total. The number of nitrogens with zero attached hydrogens (tertiary/aromatic N) is 2. The van der Waals surface area contributed by atoms with Gasteiger partial charge in [0.15, 0.2) is 0 Å². The Morgan fingerprint density at radius 1 is 1.19 bits per heavy atom. The summed E-state index contributed by atoms with van der Waals surface area (Å²) >= 11 is 0. The SMILES string of the molecule is CN(Cc1ccccc1)S(=O)(=O)c1ccc(N)cc1C#N. The molecule has 6 heteroatoms. The number of nitriles is 1. The van der Waals surface area contributed by atoms with Crippen LogP contribution in [-0.2, 0) is 16.6 Å². The summed E-state index contributed by atoms with van der Waals surface area (Å²) in [5.41, 5.74) is 6.87. The molecular weight excluding hydrogens is 286 g/mol. The van der Waals surface area contributed by atoms with Gasteiger partial charge in [-0.05, 0) is 23.8 Å². The molecule has 21 heavy (non-hydrogen) atoms. The molecule has 0 spiro atoms. The Hall–Kier alpha value is -2.36. The topological polar surface area (TPSA) is 87.2 Å². The average molecular weight is 301 g/mol. The van der Waals surface area contributed by atoms with E-state index in [1.807, 2.05) is 36.4 Å². The zero-order valence-corrected chi connectivity index (χ0v) is 12.3. The first-order chi connectivity index (χ1) is 9.95. The van der Waals surface area contributed by atoms with Gasteiger partial charge < -0.3 is 5.73 Å². The average Bonchev–Trinajstić information content (AvgIpc) is 2.47. The molecule has 0 saturated carbocycles. The summed E-state index contributed by atoms with van der Waals surface area (Å²) in [5, 5.41) is 9.09. The van der Waals surface area contributed by atoms with E-state index in [1.165, 1.54) is 29.6 Å². The van der Waals surface area contributed by atoms with Crippen molar-refractivity contribution in [1.82, 2.24) is 4.31 Å². The highest BCUT2D eigenvalue weighted by Crippen LogP contribution is 2.22. The Morgan fingerprint density at radius 3 is 2.48 bits per heavy atom. The zero-order chi connectivity index (χ0) is 15.5. The number of benzene rings is 2. The predicted molar refractivity (Wildman–Crippen MR) is 80.7 cm³/mol. The van der Waals surface area contributed by atoms with Gasteiger partial charge in [0.2, 0.25) is 10.0 Å². The summed E-state index contributed by atoms with van der Waals surface area (Å²) in [7, 11) is -2.26. The highest BCUT2D eigenvalue weighted by Gasteiger charge is 2.24.